The van der Waals surface area contributed by atoms with Crippen LogP contribution in [-0.4, -0.2) is 29.5 Å². The van der Waals surface area contributed by atoms with E-state index in [2.05, 4.69) is 15.2 Å². The van der Waals surface area contributed by atoms with E-state index in [1.165, 1.54) is 0 Å². The van der Waals surface area contributed by atoms with Gasteiger partial charge in [0.1, 0.15) is 5.82 Å². The maximum Gasteiger partial charge on any atom is 0.225 e. The summed E-state index contributed by atoms with van der Waals surface area (Å²) in [5.41, 5.74) is 0.852. The van der Waals surface area contributed by atoms with Gasteiger partial charge in [-0.3, -0.25) is 4.79 Å². The van der Waals surface area contributed by atoms with Crippen molar-refractivity contribution in [2.75, 3.05) is 18.0 Å². The zero-order valence-electron chi connectivity index (χ0n) is 12.9. The highest BCUT2D eigenvalue weighted by Crippen LogP contribution is 2.22. The topological polar surface area (TPSA) is 45.2 Å². The number of hydrogen-bond acceptors (Lipinski definition) is 3. The van der Waals surface area contributed by atoms with Crippen molar-refractivity contribution in [2.24, 2.45) is 5.92 Å². The number of hydrogen-bond donors (Lipinski definition) is 1. The summed E-state index contributed by atoms with van der Waals surface area (Å²) < 4.78 is 0. The van der Waals surface area contributed by atoms with Gasteiger partial charge < -0.3 is 10.2 Å². The Morgan fingerprint density at radius 3 is 2.80 bits per heavy atom. The zero-order chi connectivity index (χ0) is 14.8. The van der Waals surface area contributed by atoms with Crippen molar-refractivity contribution in [3.05, 3.63) is 23.9 Å². The van der Waals surface area contributed by atoms with Crippen molar-refractivity contribution in [1.82, 2.24) is 10.3 Å². The first-order chi connectivity index (χ1) is 9.35. The summed E-state index contributed by atoms with van der Waals surface area (Å²) in [5.74, 6) is 1.21. The van der Waals surface area contributed by atoms with E-state index in [0.717, 1.165) is 37.4 Å². The van der Waals surface area contributed by atoms with E-state index in [-0.39, 0.29) is 17.4 Å². The predicted molar refractivity (Wildman–Crippen MR) is 81.8 cm³/mol. The Labute approximate surface area is 121 Å². The third-order valence-corrected chi connectivity index (χ3v) is 3.49. The van der Waals surface area contributed by atoms with Crippen LogP contribution in [-0.2, 0) is 4.79 Å². The van der Waals surface area contributed by atoms with Gasteiger partial charge in [-0.2, -0.15) is 0 Å². The number of carbonyl (C=O) groups excluding carboxylic acids is 1. The maximum atomic E-state index is 12.3. The van der Waals surface area contributed by atoms with E-state index in [4.69, 9.17) is 0 Å². The quantitative estimate of drug-likeness (QED) is 0.902. The summed E-state index contributed by atoms with van der Waals surface area (Å²) in [5, 5.41) is 3.09. The van der Waals surface area contributed by atoms with Crippen molar-refractivity contribution >= 4 is 11.7 Å². The van der Waals surface area contributed by atoms with E-state index >= 15 is 0 Å². The van der Waals surface area contributed by atoms with Crippen LogP contribution in [0.5, 0.6) is 0 Å². The van der Waals surface area contributed by atoms with E-state index in [1.807, 2.05) is 45.9 Å². The number of aryl methyl sites for hydroxylation is 1. The monoisotopic (exact) mass is 275 g/mol. The molecule has 1 atom stereocenters. The second-order valence-corrected chi connectivity index (χ2v) is 6.66. The predicted octanol–water partition coefficient (Wildman–Crippen LogP) is 2.52. The van der Waals surface area contributed by atoms with Crippen LogP contribution in [0.4, 0.5) is 5.82 Å². The number of nitrogens with zero attached hydrogens (tertiary/aromatic N) is 2. The Hall–Kier alpha value is -1.58. The molecule has 0 radical (unpaired) electrons. The van der Waals surface area contributed by atoms with Gasteiger partial charge in [0.05, 0.1) is 5.92 Å². The van der Waals surface area contributed by atoms with E-state index in [0.29, 0.717) is 0 Å². The minimum Gasteiger partial charge on any atom is -0.356 e. The van der Waals surface area contributed by atoms with E-state index in [9.17, 15) is 4.79 Å². The standard InChI is InChI=1S/C16H25N3O/c1-12-7-5-9-14(17-12)19-10-6-8-13(11-19)15(20)18-16(2,3)4/h5,7,9,13H,6,8,10-11H2,1-4H3,(H,18,20). The average Bonchev–Trinajstić information content (AvgIpc) is 2.37. The second kappa shape index (κ2) is 5.81. The molecule has 1 fully saturated rings. The Balaban J connectivity index is 2.03. The summed E-state index contributed by atoms with van der Waals surface area (Å²) in [7, 11) is 0. The summed E-state index contributed by atoms with van der Waals surface area (Å²) in [6, 6.07) is 6.05. The van der Waals surface area contributed by atoms with Gasteiger partial charge in [-0.15, -0.1) is 0 Å². The Morgan fingerprint density at radius 1 is 1.40 bits per heavy atom. The molecule has 1 amide bonds. The third-order valence-electron chi connectivity index (χ3n) is 3.49. The molecule has 0 saturated carbocycles. The lowest BCUT2D eigenvalue weighted by Gasteiger charge is -2.34. The Morgan fingerprint density at radius 2 is 2.15 bits per heavy atom. The second-order valence-electron chi connectivity index (χ2n) is 6.66. The molecule has 1 aromatic heterocycles. The fourth-order valence-electron chi connectivity index (χ4n) is 2.58. The molecule has 2 rings (SSSR count). The van der Waals surface area contributed by atoms with Crippen molar-refractivity contribution < 1.29 is 4.79 Å². The first kappa shape index (κ1) is 14.8. The number of nitrogens with one attached hydrogen (secondary N) is 1. The molecule has 0 aromatic carbocycles. The van der Waals surface area contributed by atoms with Gasteiger partial charge in [0, 0.05) is 24.3 Å². The minimum absolute atomic E-state index is 0.0605. The van der Waals surface area contributed by atoms with Crippen LogP contribution in [0.3, 0.4) is 0 Å². The number of piperidine rings is 1. The SMILES string of the molecule is Cc1cccc(N2CCCC(C(=O)NC(C)(C)C)C2)n1. The molecule has 1 N–H and O–H groups in total. The average molecular weight is 275 g/mol. The van der Waals surface area contributed by atoms with Gasteiger partial charge in [0.2, 0.25) is 5.91 Å². The van der Waals surface area contributed by atoms with Gasteiger partial charge in [-0.1, -0.05) is 6.07 Å². The van der Waals surface area contributed by atoms with E-state index in [1.54, 1.807) is 0 Å². The highest BCUT2D eigenvalue weighted by atomic mass is 16.2. The van der Waals surface area contributed by atoms with Crippen LogP contribution in [0.1, 0.15) is 39.3 Å². The molecule has 1 saturated heterocycles. The molecule has 0 bridgehead atoms. The summed E-state index contributed by atoms with van der Waals surface area (Å²) in [4.78, 5) is 19.1. The van der Waals surface area contributed by atoms with Crippen molar-refractivity contribution in [2.45, 2.75) is 46.1 Å². The summed E-state index contributed by atoms with van der Waals surface area (Å²) in [6.45, 7) is 9.81. The number of rotatable bonds is 2. The van der Waals surface area contributed by atoms with E-state index < -0.39 is 0 Å². The van der Waals surface area contributed by atoms with Gasteiger partial charge in [-0.05, 0) is 52.7 Å². The van der Waals surface area contributed by atoms with Crippen LogP contribution in [0.25, 0.3) is 0 Å². The molecule has 1 unspecified atom stereocenters. The fraction of sp³-hybridized carbons (Fsp3) is 0.625. The van der Waals surface area contributed by atoms with Crippen LogP contribution in [0.2, 0.25) is 0 Å². The smallest absolute Gasteiger partial charge is 0.225 e. The number of pyridine rings is 1. The normalized spacial score (nSPS) is 19.8. The molecule has 0 aliphatic carbocycles. The lowest BCUT2D eigenvalue weighted by molar-refractivity contribution is -0.126. The fourth-order valence-corrected chi connectivity index (χ4v) is 2.58. The molecule has 20 heavy (non-hydrogen) atoms. The third kappa shape index (κ3) is 3.95. The zero-order valence-corrected chi connectivity index (χ0v) is 12.9. The van der Waals surface area contributed by atoms with Gasteiger partial charge >= 0.3 is 0 Å². The molecular formula is C16H25N3O. The largest absolute Gasteiger partial charge is 0.356 e. The molecule has 1 aliphatic heterocycles. The lowest BCUT2D eigenvalue weighted by Crippen LogP contribution is -2.48. The summed E-state index contributed by atoms with van der Waals surface area (Å²) in [6.07, 6.45) is 2.00. The van der Waals surface area contributed by atoms with Gasteiger partial charge in [-0.25, -0.2) is 4.98 Å². The number of carbonyl (C=O) groups is 1. The van der Waals surface area contributed by atoms with Crippen LogP contribution >= 0.6 is 0 Å². The Kier molecular flexibility index (Phi) is 4.31. The number of anilines is 1. The van der Waals surface area contributed by atoms with Crippen LogP contribution < -0.4 is 10.2 Å². The highest BCUT2D eigenvalue weighted by molar-refractivity contribution is 5.80. The minimum atomic E-state index is -0.166. The molecule has 4 heteroatoms. The molecule has 4 nitrogen and oxygen atoms in total. The molecular weight excluding hydrogens is 250 g/mol. The summed E-state index contributed by atoms with van der Waals surface area (Å²) >= 11 is 0. The maximum absolute atomic E-state index is 12.3. The Bertz CT molecular complexity index is 479. The highest BCUT2D eigenvalue weighted by Gasteiger charge is 2.28. The lowest BCUT2D eigenvalue weighted by atomic mass is 9.95. The number of aromatic nitrogens is 1. The molecule has 0 spiro atoms. The van der Waals surface area contributed by atoms with Gasteiger partial charge in [0.25, 0.3) is 0 Å². The molecule has 1 aromatic rings. The van der Waals surface area contributed by atoms with Crippen molar-refractivity contribution in [3.63, 3.8) is 0 Å². The first-order valence-electron chi connectivity index (χ1n) is 7.36. The van der Waals surface area contributed by atoms with Crippen LogP contribution in [0, 0.1) is 12.8 Å². The van der Waals surface area contributed by atoms with Crippen molar-refractivity contribution in [3.8, 4) is 0 Å². The van der Waals surface area contributed by atoms with Crippen molar-refractivity contribution in [1.29, 1.82) is 0 Å². The van der Waals surface area contributed by atoms with Gasteiger partial charge in [0.15, 0.2) is 0 Å². The first-order valence-corrected chi connectivity index (χ1v) is 7.36. The molecule has 2 heterocycles. The van der Waals surface area contributed by atoms with Crippen LogP contribution in [0.15, 0.2) is 18.2 Å². The molecule has 110 valence electrons. The molecule has 1 aliphatic rings. The number of amides is 1.